The van der Waals surface area contributed by atoms with E-state index < -0.39 is 0 Å². The molecule has 21 heavy (non-hydrogen) atoms. The lowest BCUT2D eigenvalue weighted by Gasteiger charge is -2.28. The highest BCUT2D eigenvalue weighted by molar-refractivity contribution is 5.86. The van der Waals surface area contributed by atoms with E-state index in [1.165, 1.54) is 16.6 Å². The molecular formula is C17H22N2O2. The van der Waals surface area contributed by atoms with Crippen LogP contribution < -0.4 is 0 Å². The lowest BCUT2D eigenvalue weighted by atomic mass is 10.0. The van der Waals surface area contributed by atoms with Crippen molar-refractivity contribution in [2.24, 2.45) is 0 Å². The van der Waals surface area contributed by atoms with Crippen LogP contribution in [0.2, 0.25) is 0 Å². The zero-order valence-corrected chi connectivity index (χ0v) is 12.9. The second-order valence-electron chi connectivity index (χ2n) is 6.59. The van der Waals surface area contributed by atoms with Gasteiger partial charge in [0, 0.05) is 41.7 Å². The first-order chi connectivity index (χ1) is 9.94. The average molecular weight is 286 g/mol. The number of hydrogen-bond acceptors (Lipinski definition) is 2. The van der Waals surface area contributed by atoms with E-state index in [9.17, 15) is 4.79 Å². The molecule has 1 aromatic heterocycles. The number of ether oxygens (including phenoxy) is 1. The summed E-state index contributed by atoms with van der Waals surface area (Å²) in [7, 11) is 0. The molecule has 1 aliphatic heterocycles. The maximum absolute atomic E-state index is 12.3. The normalized spacial score (nSPS) is 15.3. The molecule has 0 aliphatic carbocycles. The molecule has 0 atom stereocenters. The summed E-state index contributed by atoms with van der Waals surface area (Å²) in [6, 6.07) is 8.27. The molecule has 0 saturated heterocycles. The molecule has 0 bridgehead atoms. The summed E-state index contributed by atoms with van der Waals surface area (Å²) >= 11 is 0. The van der Waals surface area contributed by atoms with Crippen molar-refractivity contribution in [2.45, 2.75) is 39.3 Å². The number of carbonyl (C=O) groups excluding carboxylic acids is 1. The van der Waals surface area contributed by atoms with Crippen molar-refractivity contribution in [3.63, 3.8) is 0 Å². The molecule has 2 heterocycles. The van der Waals surface area contributed by atoms with Gasteiger partial charge >= 0.3 is 0 Å². The highest BCUT2D eigenvalue weighted by Crippen LogP contribution is 2.27. The number of amides is 1. The number of H-pyrrole nitrogens is 1. The van der Waals surface area contributed by atoms with E-state index in [-0.39, 0.29) is 18.1 Å². The molecule has 3 rings (SSSR count). The highest BCUT2D eigenvalue weighted by atomic mass is 16.5. The third-order valence-electron chi connectivity index (χ3n) is 3.86. The first-order valence-electron chi connectivity index (χ1n) is 7.44. The van der Waals surface area contributed by atoms with Gasteiger partial charge in [-0.15, -0.1) is 0 Å². The highest BCUT2D eigenvalue weighted by Gasteiger charge is 2.24. The van der Waals surface area contributed by atoms with Gasteiger partial charge in [-0.3, -0.25) is 4.79 Å². The first-order valence-corrected chi connectivity index (χ1v) is 7.44. The van der Waals surface area contributed by atoms with Crippen LogP contribution in [0.5, 0.6) is 0 Å². The van der Waals surface area contributed by atoms with E-state index in [1.807, 2.05) is 37.8 Å². The number of nitrogens with one attached hydrogen (secondary N) is 1. The fourth-order valence-electron chi connectivity index (χ4n) is 2.75. The lowest BCUT2D eigenvalue weighted by molar-refractivity contribution is -0.141. The smallest absolute Gasteiger partial charge is 0.248 e. The van der Waals surface area contributed by atoms with Gasteiger partial charge in [-0.25, -0.2) is 0 Å². The van der Waals surface area contributed by atoms with E-state index in [1.54, 1.807) is 0 Å². The number of nitrogens with zero attached hydrogens (tertiary/aromatic N) is 1. The van der Waals surface area contributed by atoms with Gasteiger partial charge in [0.05, 0.1) is 5.60 Å². The fraction of sp³-hybridized carbons (Fsp3) is 0.471. The van der Waals surface area contributed by atoms with Crippen LogP contribution in [0.25, 0.3) is 10.9 Å². The fourth-order valence-corrected chi connectivity index (χ4v) is 2.75. The van der Waals surface area contributed by atoms with Crippen LogP contribution in [0.15, 0.2) is 24.3 Å². The molecule has 0 radical (unpaired) electrons. The Labute approximate surface area is 125 Å². The molecule has 1 amide bonds. The van der Waals surface area contributed by atoms with Crippen LogP contribution in [-0.4, -0.2) is 34.5 Å². The maximum Gasteiger partial charge on any atom is 0.248 e. The van der Waals surface area contributed by atoms with Crippen molar-refractivity contribution < 1.29 is 9.53 Å². The number of hydrogen-bond donors (Lipinski definition) is 1. The van der Waals surface area contributed by atoms with E-state index in [2.05, 4.69) is 17.1 Å². The van der Waals surface area contributed by atoms with E-state index in [0.717, 1.165) is 18.5 Å². The number of rotatable bonds is 2. The second kappa shape index (κ2) is 5.19. The maximum atomic E-state index is 12.3. The van der Waals surface area contributed by atoms with Gasteiger partial charge in [0.1, 0.15) is 6.61 Å². The Hall–Kier alpha value is -1.81. The summed E-state index contributed by atoms with van der Waals surface area (Å²) in [6.07, 6.45) is 0.880. The predicted octanol–water partition coefficient (Wildman–Crippen LogP) is 2.87. The van der Waals surface area contributed by atoms with Crippen LogP contribution in [0.1, 0.15) is 32.0 Å². The van der Waals surface area contributed by atoms with Gasteiger partial charge in [0.2, 0.25) is 5.91 Å². The summed E-state index contributed by atoms with van der Waals surface area (Å²) in [4.78, 5) is 17.7. The van der Waals surface area contributed by atoms with Crippen LogP contribution >= 0.6 is 0 Å². The quantitative estimate of drug-likeness (QED) is 0.922. The van der Waals surface area contributed by atoms with Gasteiger partial charge in [0.15, 0.2) is 0 Å². The van der Waals surface area contributed by atoms with Gasteiger partial charge in [-0.1, -0.05) is 18.2 Å². The molecule has 4 nitrogen and oxygen atoms in total. The van der Waals surface area contributed by atoms with E-state index in [4.69, 9.17) is 4.74 Å². The van der Waals surface area contributed by atoms with Crippen molar-refractivity contribution in [3.8, 4) is 0 Å². The van der Waals surface area contributed by atoms with Crippen molar-refractivity contribution in [3.05, 3.63) is 35.5 Å². The molecule has 0 unspecified atom stereocenters. The number of carbonyl (C=O) groups is 1. The Bertz CT molecular complexity index is 667. The van der Waals surface area contributed by atoms with E-state index in [0.29, 0.717) is 6.54 Å². The van der Waals surface area contributed by atoms with Gasteiger partial charge < -0.3 is 14.6 Å². The molecule has 0 spiro atoms. The lowest BCUT2D eigenvalue weighted by Crippen LogP contribution is -2.39. The number of aromatic amines is 1. The zero-order valence-electron chi connectivity index (χ0n) is 12.9. The van der Waals surface area contributed by atoms with Crippen molar-refractivity contribution >= 4 is 16.8 Å². The second-order valence-corrected chi connectivity index (χ2v) is 6.59. The summed E-state index contributed by atoms with van der Waals surface area (Å²) in [6.45, 7) is 7.48. The largest absolute Gasteiger partial charge is 0.366 e. The summed E-state index contributed by atoms with van der Waals surface area (Å²) in [5.74, 6) is 0.0702. The monoisotopic (exact) mass is 286 g/mol. The minimum atomic E-state index is -0.280. The van der Waals surface area contributed by atoms with Crippen LogP contribution in [0, 0.1) is 0 Å². The molecule has 2 aromatic rings. The van der Waals surface area contributed by atoms with Gasteiger partial charge in [-0.2, -0.15) is 0 Å². The zero-order chi connectivity index (χ0) is 15.0. The molecule has 0 fully saturated rings. The first kappa shape index (κ1) is 14.1. The van der Waals surface area contributed by atoms with Crippen molar-refractivity contribution in [2.75, 3.05) is 13.2 Å². The molecular weight excluding hydrogens is 264 g/mol. The Balaban J connectivity index is 1.76. The number of fused-ring (bicyclic) bond motifs is 3. The Kier molecular flexibility index (Phi) is 3.49. The Morgan fingerprint density at radius 1 is 1.33 bits per heavy atom. The molecule has 112 valence electrons. The SMILES string of the molecule is CC(C)(C)OCC(=O)N1CCc2[nH]c3ccccc3c2C1. The van der Waals surface area contributed by atoms with Crippen molar-refractivity contribution in [1.82, 2.24) is 9.88 Å². The van der Waals surface area contributed by atoms with Crippen LogP contribution in [-0.2, 0) is 22.5 Å². The molecule has 4 heteroatoms. The molecule has 1 N–H and O–H groups in total. The average Bonchev–Trinajstić information content (AvgIpc) is 2.81. The Morgan fingerprint density at radius 3 is 2.86 bits per heavy atom. The minimum Gasteiger partial charge on any atom is -0.366 e. The third kappa shape index (κ3) is 2.95. The Morgan fingerprint density at radius 2 is 2.10 bits per heavy atom. The summed E-state index contributed by atoms with van der Waals surface area (Å²) in [5, 5.41) is 1.22. The van der Waals surface area contributed by atoms with Crippen LogP contribution in [0.3, 0.4) is 0 Å². The summed E-state index contributed by atoms with van der Waals surface area (Å²) in [5.41, 5.74) is 3.39. The molecule has 0 saturated carbocycles. The molecule has 1 aliphatic rings. The topological polar surface area (TPSA) is 45.3 Å². The van der Waals surface area contributed by atoms with Gasteiger partial charge in [-0.05, 0) is 26.8 Å². The third-order valence-corrected chi connectivity index (χ3v) is 3.86. The number of benzene rings is 1. The van der Waals surface area contributed by atoms with E-state index >= 15 is 0 Å². The number of para-hydroxylation sites is 1. The van der Waals surface area contributed by atoms with Crippen molar-refractivity contribution in [1.29, 1.82) is 0 Å². The standard InChI is InChI=1S/C17H22N2O2/c1-17(2,3)21-11-16(20)19-9-8-15-13(10-19)12-6-4-5-7-14(12)18-15/h4-7,18H,8-11H2,1-3H3. The summed E-state index contributed by atoms with van der Waals surface area (Å²) < 4.78 is 5.60. The van der Waals surface area contributed by atoms with Crippen LogP contribution in [0.4, 0.5) is 0 Å². The predicted molar refractivity (Wildman–Crippen MR) is 83.1 cm³/mol. The minimum absolute atomic E-state index is 0.0702. The molecule has 1 aromatic carbocycles. The number of aromatic nitrogens is 1. The van der Waals surface area contributed by atoms with Gasteiger partial charge in [0.25, 0.3) is 0 Å².